The molecule has 0 saturated heterocycles. The van der Waals surface area contributed by atoms with Gasteiger partial charge >= 0.3 is 0 Å². The smallest absolute Gasteiger partial charge is 0.255 e. The number of amides is 1. The molecule has 1 aromatic carbocycles. The minimum atomic E-state index is -0.461. The quantitative estimate of drug-likeness (QED) is 0.881. The van der Waals surface area contributed by atoms with Crippen molar-refractivity contribution in [3.63, 3.8) is 0 Å². The third-order valence-corrected chi connectivity index (χ3v) is 3.70. The fraction of sp³-hybridized carbons (Fsp3) is 0.533. The first-order chi connectivity index (χ1) is 9.65. The minimum absolute atomic E-state index is 0.178. The predicted octanol–water partition coefficient (Wildman–Crippen LogP) is 1.74. The van der Waals surface area contributed by atoms with E-state index in [0.717, 1.165) is 25.7 Å². The Kier molecular flexibility index (Phi) is 4.84. The Balaban J connectivity index is 2.12. The van der Waals surface area contributed by atoms with Gasteiger partial charge in [-0.3, -0.25) is 4.79 Å². The third kappa shape index (κ3) is 3.22. The molecule has 0 aliphatic heterocycles. The second-order valence-corrected chi connectivity index (χ2v) is 5.00. The van der Waals surface area contributed by atoms with Crippen LogP contribution in [0.4, 0.5) is 0 Å². The summed E-state index contributed by atoms with van der Waals surface area (Å²) < 4.78 is 10.3. The van der Waals surface area contributed by atoms with Crippen molar-refractivity contribution in [3.8, 4) is 11.5 Å². The van der Waals surface area contributed by atoms with Crippen molar-refractivity contribution in [2.45, 2.75) is 37.8 Å². The molecule has 20 heavy (non-hydrogen) atoms. The largest absolute Gasteiger partial charge is 0.497 e. The molecule has 1 aliphatic carbocycles. The van der Waals surface area contributed by atoms with Crippen LogP contribution in [-0.4, -0.2) is 37.4 Å². The van der Waals surface area contributed by atoms with Crippen LogP contribution in [0.25, 0.3) is 0 Å². The normalized spacial score (nSPS) is 22.1. The van der Waals surface area contributed by atoms with E-state index in [1.54, 1.807) is 25.3 Å². The van der Waals surface area contributed by atoms with Crippen LogP contribution in [0.3, 0.4) is 0 Å². The molecule has 1 aromatic rings. The second kappa shape index (κ2) is 6.61. The molecule has 2 rings (SSSR count). The Morgan fingerprint density at radius 2 is 2.00 bits per heavy atom. The summed E-state index contributed by atoms with van der Waals surface area (Å²) in [5.74, 6) is 0.874. The first-order valence-corrected chi connectivity index (χ1v) is 6.86. The van der Waals surface area contributed by atoms with Gasteiger partial charge in [-0.05, 0) is 25.0 Å². The number of aliphatic hydroxyl groups excluding tert-OH is 1. The molecule has 0 unspecified atom stereocenters. The molecule has 0 aromatic heterocycles. The zero-order chi connectivity index (χ0) is 14.5. The van der Waals surface area contributed by atoms with Gasteiger partial charge in [0, 0.05) is 6.07 Å². The average Bonchev–Trinajstić information content (AvgIpc) is 2.48. The van der Waals surface area contributed by atoms with E-state index in [-0.39, 0.29) is 11.9 Å². The Hall–Kier alpha value is -1.75. The highest BCUT2D eigenvalue weighted by molar-refractivity contribution is 5.97. The zero-order valence-corrected chi connectivity index (χ0v) is 11.9. The molecule has 1 saturated carbocycles. The fourth-order valence-electron chi connectivity index (χ4n) is 2.51. The lowest BCUT2D eigenvalue weighted by molar-refractivity contribution is 0.0715. The summed E-state index contributed by atoms with van der Waals surface area (Å²) in [5, 5.41) is 12.8. The molecule has 2 N–H and O–H groups in total. The standard InChI is InChI=1S/C15H21NO4/c1-19-10-7-8-11(14(9-10)20-2)15(18)16-12-5-3-4-6-13(12)17/h7-9,12-13,17H,3-6H2,1-2H3,(H,16,18)/t12-,13-/m1/s1. The van der Waals surface area contributed by atoms with Crippen molar-refractivity contribution in [3.05, 3.63) is 23.8 Å². The van der Waals surface area contributed by atoms with E-state index in [0.29, 0.717) is 17.1 Å². The molecule has 0 spiro atoms. The van der Waals surface area contributed by atoms with Gasteiger partial charge in [-0.25, -0.2) is 0 Å². The Morgan fingerprint density at radius 3 is 2.65 bits per heavy atom. The van der Waals surface area contributed by atoms with E-state index in [2.05, 4.69) is 5.32 Å². The van der Waals surface area contributed by atoms with Gasteiger partial charge in [0.1, 0.15) is 11.5 Å². The van der Waals surface area contributed by atoms with Crippen LogP contribution < -0.4 is 14.8 Å². The SMILES string of the molecule is COc1ccc(C(=O)N[C@@H]2CCCC[C@H]2O)c(OC)c1. The number of nitrogens with one attached hydrogen (secondary N) is 1. The number of hydrogen-bond acceptors (Lipinski definition) is 4. The van der Waals surface area contributed by atoms with Gasteiger partial charge in [0.25, 0.3) is 5.91 Å². The van der Waals surface area contributed by atoms with E-state index >= 15 is 0 Å². The van der Waals surface area contributed by atoms with Crippen molar-refractivity contribution in [2.75, 3.05) is 14.2 Å². The van der Waals surface area contributed by atoms with Crippen LogP contribution >= 0.6 is 0 Å². The van der Waals surface area contributed by atoms with E-state index in [4.69, 9.17) is 9.47 Å². The van der Waals surface area contributed by atoms with Crippen LogP contribution in [-0.2, 0) is 0 Å². The number of benzene rings is 1. The molecule has 0 bridgehead atoms. The highest BCUT2D eigenvalue weighted by atomic mass is 16.5. The fourth-order valence-corrected chi connectivity index (χ4v) is 2.51. The van der Waals surface area contributed by atoms with Crippen LogP contribution in [0, 0.1) is 0 Å². The molecule has 110 valence electrons. The first kappa shape index (κ1) is 14.7. The molecule has 1 amide bonds. The zero-order valence-electron chi connectivity index (χ0n) is 11.9. The molecule has 5 nitrogen and oxygen atoms in total. The summed E-state index contributed by atoms with van der Waals surface area (Å²) in [5.41, 5.74) is 0.450. The molecule has 1 aliphatic rings. The summed E-state index contributed by atoms with van der Waals surface area (Å²) in [4.78, 5) is 12.3. The van der Waals surface area contributed by atoms with Gasteiger partial charge in [-0.15, -0.1) is 0 Å². The maximum absolute atomic E-state index is 12.3. The topological polar surface area (TPSA) is 67.8 Å². The van der Waals surface area contributed by atoms with Gasteiger partial charge in [0.05, 0.1) is 31.9 Å². The van der Waals surface area contributed by atoms with E-state index in [9.17, 15) is 9.90 Å². The summed E-state index contributed by atoms with van der Waals surface area (Å²) in [6, 6.07) is 4.88. The van der Waals surface area contributed by atoms with Crippen LogP contribution in [0.15, 0.2) is 18.2 Å². The Morgan fingerprint density at radius 1 is 1.25 bits per heavy atom. The monoisotopic (exact) mass is 279 g/mol. The van der Waals surface area contributed by atoms with Crippen molar-refractivity contribution in [1.29, 1.82) is 0 Å². The maximum Gasteiger partial charge on any atom is 0.255 e. The molecule has 5 heteroatoms. The summed E-state index contributed by atoms with van der Waals surface area (Å²) in [6.45, 7) is 0. The number of aliphatic hydroxyl groups is 1. The molecular weight excluding hydrogens is 258 g/mol. The molecular formula is C15H21NO4. The van der Waals surface area contributed by atoms with Gasteiger partial charge in [-0.2, -0.15) is 0 Å². The summed E-state index contributed by atoms with van der Waals surface area (Å²) in [7, 11) is 3.08. The third-order valence-electron chi connectivity index (χ3n) is 3.70. The molecule has 0 radical (unpaired) electrons. The van der Waals surface area contributed by atoms with Crippen molar-refractivity contribution < 1.29 is 19.4 Å². The van der Waals surface area contributed by atoms with Crippen molar-refractivity contribution in [2.24, 2.45) is 0 Å². The number of hydrogen-bond donors (Lipinski definition) is 2. The van der Waals surface area contributed by atoms with E-state index in [1.165, 1.54) is 7.11 Å². The van der Waals surface area contributed by atoms with Crippen LogP contribution in [0.1, 0.15) is 36.0 Å². The van der Waals surface area contributed by atoms with Crippen LogP contribution in [0.2, 0.25) is 0 Å². The maximum atomic E-state index is 12.3. The highest BCUT2D eigenvalue weighted by Crippen LogP contribution is 2.25. The second-order valence-electron chi connectivity index (χ2n) is 5.00. The van der Waals surface area contributed by atoms with E-state index in [1.807, 2.05) is 0 Å². The van der Waals surface area contributed by atoms with Crippen LogP contribution in [0.5, 0.6) is 11.5 Å². The summed E-state index contributed by atoms with van der Waals surface area (Å²) in [6.07, 6.45) is 3.13. The number of ether oxygens (including phenoxy) is 2. The number of rotatable bonds is 4. The number of methoxy groups -OCH3 is 2. The van der Waals surface area contributed by atoms with Crippen molar-refractivity contribution >= 4 is 5.91 Å². The first-order valence-electron chi connectivity index (χ1n) is 6.86. The van der Waals surface area contributed by atoms with Gasteiger partial charge in [0.2, 0.25) is 0 Å². The lowest BCUT2D eigenvalue weighted by Gasteiger charge is -2.28. The molecule has 0 heterocycles. The molecule has 2 atom stereocenters. The van der Waals surface area contributed by atoms with E-state index < -0.39 is 6.10 Å². The Bertz CT molecular complexity index is 475. The van der Waals surface area contributed by atoms with Gasteiger partial charge < -0.3 is 19.9 Å². The predicted molar refractivity (Wildman–Crippen MR) is 75.3 cm³/mol. The number of carbonyl (C=O) groups excluding carboxylic acids is 1. The molecule has 1 fully saturated rings. The lowest BCUT2D eigenvalue weighted by atomic mass is 9.92. The average molecular weight is 279 g/mol. The highest BCUT2D eigenvalue weighted by Gasteiger charge is 2.25. The lowest BCUT2D eigenvalue weighted by Crippen LogP contribution is -2.45. The minimum Gasteiger partial charge on any atom is -0.497 e. The van der Waals surface area contributed by atoms with Gasteiger partial charge in [-0.1, -0.05) is 12.8 Å². The number of carbonyl (C=O) groups is 1. The van der Waals surface area contributed by atoms with Crippen molar-refractivity contribution in [1.82, 2.24) is 5.32 Å². The van der Waals surface area contributed by atoms with Gasteiger partial charge in [0.15, 0.2) is 0 Å². The Labute approximate surface area is 118 Å². The summed E-state index contributed by atoms with van der Waals surface area (Å²) >= 11 is 0.